The zero-order valence-corrected chi connectivity index (χ0v) is 8.90. The Morgan fingerprint density at radius 3 is 3.00 bits per heavy atom. The summed E-state index contributed by atoms with van der Waals surface area (Å²) >= 11 is 0. The van der Waals surface area contributed by atoms with Crippen molar-refractivity contribution in [3.63, 3.8) is 0 Å². The Bertz CT molecular complexity index is 405. The minimum Gasteiger partial charge on any atom is -0.507 e. The number of hydrogen-bond acceptors (Lipinski definition) is 4. The molecule has 1 heterocycles. The number of phenols is 1. The number of amides is 1. The molecule has 0 spiro atoms. The number of ether oxygens (including phenoxy) is 2. The Morgan fingerprint density at radius 2 is 2.38 bits per heavy atom. The lowest BCUT2D eigenvalue weighted by molar-refractivity contribution is 0.115. The molecule has 2 rings (SSSR count). The van der Waals surface area contributed by atoms with Gasteiger partial charge in [-0.25, -0.2) is 4.79 Å². The van der Waals surface area contributed by atoms with Crippen molar-refractivity contribution in [2.24, 2.45) is 0 Å². The van der Waals surface area contributed by atoms with E-state index in [9.17, 15) is 9.90 Å². The van der Waals surface area contributed by atoms with E-state index in [2.05, 4.69) is 5.32 Å². The molecule has 1 amide bonds. The summed E-state index contributed by atoms with van der Waals surface area (Å²) in [5.74, 6) is 0.700. The second-order valence-corrected chi connectivity index (χ2v) is 3.55. The normalized spacial score (nSPS) is 19.8. The predicted molar refractivity (Wildman–Crippen MR) is 56.5 cm³/mol. The number of carbonyl (C=O) groups excluding carboxylic acids is 1. The van der Waals surface area contributed by atoms with Gasteiger partial charge in [0.05, 0.1) is 19.8 Å². The molecular weight excluding hydrogens is 210 g/mol. The van der Waals surface area contributed by atoms with E-state index in [1.54, 1.807) is 12.1 Å². The van der Waals surface area contributed by atoms with E-state index in [-0.39, 0.29) is 11.8 Å². The molecule has 1 fully saturated rings. The summed E-state index contributed by atoms with van der Waals surface area (Å²) < 4.78 is 9.74. The van der Waals surface area contributed by atoms with Crippen molar-refractivity contribution < 1.29 is 19.4 Å². The maximum Gasteiger partial charge on any atom is 0.407 e. The average molecular weight is 223 g/mol. The molecule has 0 saturated carbocycles. The number of nitrogens with one attached hydrogen (secondary N) is 1. The van der Waals surface area contributed by atoms with Crippen LogP contribution in [0.2, 0.25) is 0 Å². The summed E-state index contributed by atoms with van der Waals surface area (Å²) in [5, 5.41) is 12.4. The van der Waals surface area contributed by atoms with Crippen LogP contribution in [0.1, 0.15) is 18.0 Å². The molecule has 1 aliphatic heterocycles. The summed E-state index contributed by atoms with van der Waals surface area (Å²) in [4.78, 5) is 11.0. The Kier molecular flexibility index (Phi) is 2.85. The number of aromatic hydroxyl groups is 1. The quantitative estimate of drug-likeness (QED) is 0.798. The van der Waals surface area contributed by atoms with E-state index >= 15 is 0 Å². The van der Waals surface area contributed by atoms with Crippen molar-refractivity contribution in [1.29, 1.82) is 0 Å². The van der Waals surface area contributed by atoms with Gasteiger partial charge in [-0.3, -0.25) is 0 Å². The van der Waals surface area contributed by atoms with Crippen LogP contribution in [0.15, 0.2) is 18.2 Å². The highest BCUT2D eigenvalue weighted by Gasteiger charge is 2.23. The Labute approximate surface area is 93.0 Å². The molecule has 5 nitrogen and oxygen atoms in total. The molecular formula is C11H13NO4. The van der Waals surface area contributed by atoms with E-state index in [1.807, 2.05) is 0 Å². The molecule has 86 valence electrons. The fourth-order valence-electron chi connectivity index (χ4n) is 1.70. The predicted octanol–water partition coefficient (Wildman–Crippen LogP) is 1.57. The van der Waals surface area contributed by atoms with Gasteiger partial charge < -0.3 is 19.9 Å². The van der Waals surface area contributed by atoms with Gasteiger partial charge in [0.15, 0.2) is 0 Å². The third kappa shape index (κ3) is 2.03. The van der Waals surface area contributed by atoms with Gasteiger partial charge in [-0.15, -0.1) is 0 Å². The molecule has 1 aromatic rings. The highest BCUT2D eigenvalue weighted by atomic mass is 16.5. The summed E-state index contributed by atoms with van der Waals surface area (Å²) in [6, 6.07) is 4.81. The maximum absolute atomic E-state index is 11.0. The average Bonchev–Trinajstić information content (AvgIpc) is 2.28. The molecule has 0 unspecified atom stereocenters. The van der Waals surface area contributed by atoms with Crippen LogP contribution in [0.4, 0.5) is 4.79 Å². The smallest absolute Gasteiger partial charge is 0.407 e. The number of methoxy groups -OCH3 is 1. The Balaban J connectivity index is 2.22. The summed E-state index contributed by atoms with van der Waals surface area (Å²) in [6.07, 6.45) is 0.192. The van der Waals surface area contributed by atoms with Crippen molar-refractivity contribution in [2.45, 2.75) is 12.5 Å². The number of hydrogen-bond donors (Lipinski definition) is 2. The van der Waals surface area contributed by atoms with Crippen LogP contribution in [0.25, 0.3) is 0 Å². The standard InChI is InChI=1S/C11H13NO4/c1-15-7-2-3-8(10(13)6-7)9-4-5-16-11(14)12-9/h2-3,6,9,13H,4-5H2,1H3,(H,12,14)/t9-/m0/s1. The first-order chi connectivity index (χ1) is 7.70. The molecule has 1 aromatic carbocycles. The minimum absolute atomic E-state index is 0.117. The topological polar surface area (TPSA) is 67.8 Å². The largest absolute Gasteiger partial charge is 0.507 e. The van der Waals surface area contributed by atoms with Crippen molar-refractivity contribution in [1.82, 2.24) is 5.32 Å². The van der Waals surface area contributed by atoms with Crippen LogP contribution in [0, 0.1) is 0 Å². The van der Waals surface area contributed by atoms with E-state index in [0.29, 0.717) is 24.3 Å². The minimum atomic E-state index is -0.452. The second kappa shape index (κ2) is 4.30. The van der Waals surface area contributed by atoms with Gasteiger partial charge in [-0.1, -0.05) is 0 Å². The lowest BCUT2D eigenvalue weighted by atomic mass is 10.0. The molecule has 0 bridgehead atoms. The molecule has 1 aliphatic rings. The monoisotopic (exact) mass is 223 g/mol. The number of benzene rings is 1. The molecule has 0 radical (unpaired) electrons. The van der Waals surface area contributed by atoms with E-state index in [1.165, 1.54) is 13.2 Å². The number of rotatable bonds is 2. The lowest BCUT2D eigenvalue weighted by Crippen LogP contribution is -2.35. The molecule has 1 atom stereocenters. The van der Waals surface area contributed by atoms with Crippen molar-refractivity contribution in [2.75, 3.05) is 13.7 Å². The highest BCUT2D eigenvalue weighted by molar-refractivity contribution is 5.69. The number of cyclic esters (lactones) is 1. The first-order valence-corrected chi connectivity index (χ1v) is 5.01. The highest BCUT2D eigenvalue weighted by Crippen LogP contribution is 2.31. The number of alkyl carbamates (subject to hydrolysis) is 1. The third-order valence-electron chi connectivity index (χ3n) is 2.54. The van der Waals surface area contributed by atoms with Crippen LogP contribution < -0.4 is 10.1 Å². The fraction of sp³-hybridized carbons (Fsp3) is 0.364. The van der Waals surface area contributed by atoms with Crippen LogP contribution in [-0.2, 0) is 4.74 Å². The van der Waals surface area contributed by atoms with Crippen molar-refractivity contribution >= 4 is 6.09 Å². The maximum atomic E-state index is 11.0. The van der Waals surface area contributed by atoms with E-state index < -0.39 is 6.09 Å². The fourth-order valence-corrected chi connectivity index (χ4v) is 1.70. The van der Waals surface area contributed by atoms with Gasteiger partial charge in [0.2, 0.25) is 0 Å². The lowest BCUT2D eigenvalue weighted by Gasteiger charge is -2.24. The Morgan fingerprint density at radius 1 is 1.56 bits per heavy atom. The molecule has 2 N–H and O–H groups in total. The molecule has 5 heteroatoms. The Hall–Kier alpha value is -1.91. The molecule has 0 aromatic heterocycles. The van der Waals surface area contributed by atoms with Gasteiger partial charge in [-0.2, -0.15) is 0 Å². The zero-order chi connectivity index (χ0) is 11.5. The summed E-state index contributed by atoms with van der Waals surface area (Å²) in [6.45, 7) is 0.363. The SMILES string of the molecule is COc1ccc([C@@H]2CCOC(=O)N2)c(O)c1. The van der Waals surface area contributed by atoms with Crippen molar-refractivity contribution in [3.05, 3.63) is 23.8 Å². The van der Waals surface area contributed by atoms with Gasteiger partial charge in [0, 0.05) is 18.1 Å². The van der Waals surface area contributed by atoms with Crippen LogP contribution in [0.3, 0.4) is 0 Å². The van der Waals surface area contributed by atoms with Crippen molar-refractivity contribution in [3.8, 4) is 11.5 Å². The summed E-state index contributed by atoms with van der Waals surface area (Å²) in [5.41, 5.74) is 0.678. The zero-order valence-electron chi connectivity index (χ0n) is 8.90. The number of carbonyl (C=O) groups is 1. The third-order valence-corrected chi connectivity index (χ3v) is 2.54. The van der Waals surface area contributed by atoms with Gasteiger partial charge in [0.1, 0.15) is 11.5 Å². The van der Waals surface area contributed by atoms with E-state index in [4.69, 9.17) is 9.47 Å². The van der Waals surface area contributed by atoms with Crippen LogP contribution >= 0.6 is 0 Å². The molecule has 16 heavy (non-hydrogen) atoms. The van der Waals surface area contributed by atoms with Crippen LogP contribution in [-0.4, -0.2) is 24.9 Å². The van der Waals surface area contributed by atoms with E-state index in [0.717, 1.165) is 0 Å². The van der Waals surface area contributed by atoms with Gasteiger partial charge in [0.25, 0.3) is 0 Å². The van der Waals surface area contributed by atoms with Gasteiger partial charge >= 0.3 is 6.09 Å². The second-order valence-electron chi connectivity index (χ2n) is 3.55. The first kappa shape index (κ1) is 10.6. The number of phenolic OH excluding ortho intramolecular Hbond substituents is 1. The molecule has 1 saturated heterocycles. The molecule has 0 aliphatic carbocycles. The van der Waals surface area contributed by atoms with Crippen LogP contribution in [0.5, 0.6) is 11.5 Å². The summed E-state index contributed by atoms with van der Waals surface area (Å²) in [7, 11) is 1.53. The van der Waals surface area contributed by atoms with Gasteiger partial charge in [-0.05, 0) is 12.1 Å². The first-order valence-electron chi connectivity index (χ1n) is 5.01.